The molecule has 3 nitrogen and oxygen atoms in total. The van der Waals surface area contributed by atoms with Crippen molar-refractivity contribution < 1.29 is 9.47 Å². The van der Waals surface area contributed by atoms with Gasteiger partial charge in [0.2, 0.25) is 5.72 Å². The van der Waals surface area contributed by atoms with Crippen LogP contribution in [-0.4, -0.2) is 19.9 Å². The summed E-state index contributed by atoms with van der Waals surface area (Å²) in [5, 5.41) is 0. The first kappa shape index (κ1) is 16.1. The molecule has 1 atom stereocenters. The SMILES string of the molecule is COc1cccc2c1OC1(C=C2)N(C)c2c(C)ccc(C)c2C1(C)C. The number of para-hydroxylation sites is 1. The van der Waals surface area contributed by atoms with Gasteiger partial charge in [-0.2, -0.15) is 0 Å². The Morgan fingerprint density at radius 2 is 1.76 bits per heavy atom. The van der Waals surface area contributed by atoms with Crippen LogP contribution in [-0.2, 0) is 5.41 Å². The summed E-state index contributed by atoms with van der Waals surface area (Å²) < 4.78 is 12.3. The van der Waals surface area contributed by atoms with E-state index in [0.717, 1.165) is 17.1 Å². The smallest absolute Gasteiger partial charge is 0.212 e. The number of hydrogen-bond donors (Lipinski definition) is 0. The zero-order valence-corrected chi connectivity index (χ0v) is 15.8. The number of benzene rings is 2. The molecule has 2 aromatic rings. The van der Waals surface area contributed by atoms with Crippen LogP contribution in [0.1, 0.15) is 36.1 Å². The van der Waals surface area contributed by atoms with Crippen LogP contribution in [0.4, 0.5) is 5.69 Å². The number of fused-ring (bicyclic) bond motifs is 2. The summed E-state index contributed by atoms with van der Waals surface area (Å²) in [6, 6.07) is 10.4. The molecule has 0 fully saturated rings. The molecular weight excluding hydrogens is 310 g/mol. The quantitative estimate of drug-likeness (QED) is 0.744. The van der Waals surface area contributed by atoms with Gasteiger partial charge >= 0.3 is 0 Å². The highest BCUT2D eigenvalue weighted by Crippen LogP contribution is 2.57. The first-order valence-corrected chi connectivity index (χ1v) is 8.73. The average Bonchev–Trinajstić information content (AvgIpc) is 2.77. The van der Waals surface area contributed by atoms with E-state index in [1.54, 1.807) is 7.11 Å². The summed E-state index contributed by atoms with van der Waals surface area (Å²) in [6.07, 6.45) is 4.36. The van der Waals surface area contributed by atoms with Crippen molar-refractivity contribution in [2.24, 2.45) is 0 Å². The minimum atomic E-state index is -0.576. The van der Waals surface area contributed by atoms with E-state index in [1.807, 2.05) is 12.1 Å². The molecule has 130 valence electrons. The lowest BCUT2D eigenvalue weighted by Crippen LogP contribution is -2.58. The van der Waals surface area contributed by atoms with Crippen LogP contribution >= 0.6 is 0 Å². The second kappa shape index (κ2) is 5.04. The summed E-state index contributed by atoms with van der Waals surface area (Å²) in [5.41, 5.74) is 5.48. The topological polar surface area (TPSA) is 21.7 Å². The van der Waals surface area contributed by atoms with Crippen LogP contribution in [0.2, 0.25) is 0 Å². The van der Waals surface area contributed by atoms with Crippen molar-refractivity contribution in [1.29, 1.82) is 0 Å². The van der Waals surface area contributed by atoms with E-state index in [4.69, 9.17) is 9.47 Å². The maximum Gasteiger partial charge on any atom is 0.212 e. The number of nitrogens with zero attached hydrogens (tertiary/aromatic N) is 1. The molecule has 1 unspecified atom stereocenters. The van der Waals surface area contributed by atoms with E-state index in [9.17, 15) is 0 Å². The summed E-state index contributed by atoms with van der Waals surface area (Å²) >= 11 is 0. The Bertz CT molecular complexity index is 897. The van der Waals surface area contributed by atoms with E-state index in [0.29, 0.717) is 0 Å². The van der Waals surface area contributed by atoms with Gasteiger partial charge in [-0.15, -0.1) is 0 Å². The Balaban J connectivity index is 1.96. The summed E-state index contributed by atoms with van der Waals surface area (Å²) in [5.74, 6) is 1.59. The highest BCUT2D eigenvalue weighted by Gasteiger charge is 2.58. The summed E-state index contributed by atoms with van der Waals surface area (Å²) in [7, 11) is 3.82. The van der Waals surface area contributed by atoms with Gasteiger partial charge in [0.25, 0.3) is 0 Å². The number of aryl methyl sites for hydroxylation is 2. The molecule has 0 N–H and O–H groups in total. The molecule has 2 aliphatic heterocycles. The highest BCUT2D eigenvalue weighted by molar-refractivity contribution is 5.76. The molecule has 2 aromatic carbocycles. The minimum Gasteiger partial charge on any atom is -0.493 e. The third kappa shape index (κ3) is 1.87. The Kier molecular flexibility index (Phi) is 3.24. The van der Waals surface area contributed by atoms with E-state index in [1.165, 1.54) is 22.4 Å². The Morgan fingerprint density at radius 1 is 1.04 bits per heavy atom. The second-order valence-corrected chi connectivity index (χ2v) is 7.62. The van der Waals surface area contributed by atoms with Crippen LogP contribution in [0.25, 0.3) is 6.08 Å². The Hall–Kier alpha value is -2.42. The van der Waals surface area contributed by atoms with Crippen LogP contribution in [0.15, 0.2) is 36.4 Å². The molecule has 0 radical (unpaired) electrons. The van der Waals surface area contributed by atoms with Gasteiger partial charge in [0, 0.05) is 18.3 Å². The molecule has 4 rings (SSSR count). The third-order valence-corrected chi connectivity index (χ3v) is 5.92. The number of likely N-dealkylation sites (N-methyl/N-ethyl adjacent to an activating group) is 1. The third-order valence-electron chi connectivity index (χ3n) is 5.92. The molecule has 3 heteroatoms. The van der Waals surface area contributed by atoms with E-state index < -0.39 is 5.72 Å². The van der Waals surface area contributed by atoms with Gasteiger partial charge in [-0.3, -0.25) is 0 Å². The highest BCUT2D eigenvalue weighted by atomic mass is 16.5. The van der Waals surface area contributed by atoms with Crippen LogP contribution < -0.4 is 14.4 Å². The van der Waals surface area contributed by atoms with Gasteiger partial charge in [0.05, 0.1) is 12.5 Å². The van der Waals surface area contributed by atoms with Crippen molar-refractivity contribution in [2.45, 2.75) is 38.8 Å². The van der Waals surface area contributed by atoms with Gasteiger partial charge in [0.15, 0.2) is 11.5 Å². The Labute approximate surface area is 149 Å². The number of ether oxygens (including phenoxy) is 2. The predicted molar refractivity (Wildman–Crippen MR) is 103 cm³/mol. The normalized spacial score (nSPS) is 22.6. The largest absolute Gasteiger partial charge is 0.493 e. The molecule has 0 aliphatic carbocycles. The zero-order chi connectivity index (χ0) is 18.0. The lowest BCUT2D eigenvalue weighted by atomic mass is 9.74. The van der Waals surface area contributed by atoms with Gasteiger partial charge in [0.1, 0.15) is 0 Å². The predicted octanol–water partition coefficient (Wildman–Crippen LogP) is 4.84. The van der Waals surface area contributed by atoms with Crippen LogP contribution in [0.5, 0.6) is 11.5 Å². The van der Waals surface area contributed by atoms with Crippen molar-refractivity contribution >= 4 is 11.8 Å². The molecular formula is C22H25NO2. The zero-order valence-electron chi connectivity index (χ0n) is 15.8. The number of anilines is 1. The standard InChI is InChI=1S/C22H25NO2/c1-14-10-11-15(2)19-18(14)21(3,4)22(23(19)5)13-12-16-8-7-9-17(24-6)20(16)25-22/h7-13H,1-6H3. The minimum absolute atomic E-state index is 0.206. The van der Waals surface area contributed by atoms with E-state index in [2.05, 4.69) is 70.0 Å². The molecule has 0 saturated carbocycles. The lowest BCUT2D eigenvalue weighted by molar-refractivity contribution is 0.0550. The summed E-state index contributed by atoms with van der Waals surface area (Å²) in [4.78, 5) is 2.29. The maximum atomic E-state index is 6.74. The summed E-state index contributed by atoms with van der Waals surface area (Å²) in [6.45, 7) is 8.90. The fourth-order valence-electron chi connectivity index (χ4n) is 4.62. The van der Waals surface area contributed by atoms with Gasteiger partial charge < -0.3 is 14.4 Å². The number of rotatable bonds is 1. The van der Waals surface area contributed by atoms with Crippen molar-refractivity contribution in [1.82, 2.24) is 0 Å². The molecule has 25 heavy (non-hydrogen) atoms. The van der Waals surface area contributed by atoms with Crippen molar-refractivity contribution in [3.05, 3.63) is 58.7 Å². The first-order chi connectivity index (χ1) is 11.8. The second-order valence-electron chi connectivity index (χ2n) is 7.62. The fourth-order valence-corrected chi connectivity index (χ4v) is 4.62. The van der Waals surface area contributed by atoms with Crippen molar-refractivity contribution in [2.75, 3.05) is 19.1 Å². The molecule has 0 bridgehead atoms. The average molecular weight is 335 g/mol. The van der Waals surface area contributed by atoms with Crippen molar-refractivity contribution in [3.8, 4) is 11.5 Å². The van der Waals surface area contributed by atoms with Crippen LogP contribution in [0, 0.1) is 13.8 Å². The molecule has 2 aliphatic rings. The fraction of sp³-hybridized carbons (Fsp3) is 0.364. The van der Waals surface area contributed by atoms with Crippen LogP contribution in [0.3, 0.4) is 0 Å². The van der Waals surface area contributed by atoms with Gasteiger partial charge in [-0.1, -0.05) is 24.3 Å². The van der Waals surface area contributed by atoms with Gasteiger partial charge in [-0.25, -0.2) is 0 Å². The maximum absolute atomic E-state index is 6.74. The Morgan fingerprint density at radius 3 is 2.44 bits per heavy atom. The molecule has 1 spiro atoms. The van der Waals surface area contributed by atoms with E-state index >= 15 is 0 Å². The first-order valence-electron chi connectivity index (χ1n) is 8.73. The number of methoxy groups -OCH3 is 1. The van der Waals surface area contributed by atoms with E-state index in [-0.39, 0.29) is 5.41 Å². The number of hydrogen-bond acceptors (Lipinski definition) is 3. The van der Waals surface area contributed by atoms with Crippen molar-refractivity contribution in [3.63, 3.8) is 0 Å². The molecule has 2 heterocycles. The lowest BCUT2D eigenvalue weighted by Gasteiger charge is -2.46. The molecule has 0 aromatic heterocycles. The molecule has 0 amide bonds. The molecule has 0 saturated heterocycles. The monoisotopic (exact) mass is 335 g/mol. The van der Waals surface area contributed by atoms with Gasteiger partial charge in [-0.05, 0) is 62.6 Å².